The van der Waals surface area contributed by atoms with Crippen LogP contribution in [-0.2, 0) is 17.0 Å². The predicted octanol–water partition coefficient (Wildman–Crippen LogP) is 7.09. The number of aryl methyl sites for hydroxylation is 3. The molecule has 0 saturated heterocycles. The average molecular weight is 385 g/mol. The Bertz CT molecular complexity index is 571. The molecule has 23 heavy (non-hydrogen) atoms. The van der Waals surface area contributed by atoms with Crippen LogP contribution in [-0.4, -0.2) is 13.1 Å². The van der Waals surface area contributed by atoms with E-state index >= 15 is 0 Å². The molecular weight excluding hydrogens is 363 g/mol. The van der Waals surface area contributed by atoms with Gasteiger partial charge in [0, 0.05) is 0 Å². The quantitative estimate of drug-likeness (QED) is 0.375. The van der Waals surface area contributed by atoms with Gasteiger partial charge in [-0.2, -0.15) is 0 Å². The van der Waals surface area contributed by atoms with E-state index in [0.717, 1.165) is 30.9 Å². The second-order valence-electron chi connectivity index (χ2n) is 5.22. The van der Waals surface area contributed by atoms with E-state index < -0.39 is 17.0 Å². The number of hydrogen-bond acceptors (Lipinski definition) is 0. The minimum absolute atomic E-state index is 0.556. The first-order chi connectivity index (χ1) is 11.1. The molecule has 2 aromatic carbocycles. The average Bonchev–Trinajstić information content (AvgIpc) is 2.52. The first kappa shape index (κ1) is 20.4. The number of halogens is 2. The molecule has 5 heteroatoms. The topological polar surface area (TPSA) is 28.2 Å². The zero-order chi connectivity index (χ0) is 17.1. The van der Waals surface area contributed by atoms with Gasteiger partial charge in [0.2, 0.25) is 0 Å². The van der Waals surface area contributed by atoms with E-state index in [1.165, 1.54) is 16.7 Å². The molecule has 2 aromatic rings. The summed E-state index contributed by atoms with van der Waals surface area (Å²) in [6, 6.07) is 14.6. The zero-order valence-corrected chi connectivity index (χ0v) is 16.9. The number of para-hydroxylation sites is 2. The minimum atomic E-state index is -0.556. The van der Waals surface area contributed by atoms with E-state index in [4.69, 9.17) is 23.9 Å². The molecule has 0 aliphatic carbocycles. The first-order valence-electron chi connectivity index (χ1n) is 7.53. The normalized spacial score (nSPS) is 9.61. The summed E-state index contributed by atoms with van der Waals surface area (Å²) >= 11 is -0.556. The van der Waals surface area contributed by atoms with Crippen LogP contribution in [0.15, 0.2) is 42.5 Å². The van der Waals surface area contributed by atoms with Crippen LogP contribution >= 0.6 is 18.6 Å². The molecule has 0 bridgehead atoms. The Balaban J connectivity index is 0.000000816. The van der Waals surface area contributed by atoms with Gasteiger partial charge in [0.05, 0.1) is 0 Å². The number of benzene rings is 2. The van der Waals surface area contributed by atoms with E-state index in [9.17, 15) is 0 Å². The standard InChI is InChI=1S/C18H22N2.2ClH.Ti/c1-14-8-4-5-11-17(14)19-12-7-13-20-18-15(2)9-6-10-16(18)3;;;/h4-6,8-11H,7,12-13H2,1-3H3;2*1H;/q-2;;;+2/p-2. The van der Waals surface area contributed by atoms with Crippen molar-refractivity contribution in [1.29, 1.82) is 0 Å². The molecule has 0 heterocycles. The SMILES string of the molecule is Cc1ccccc1[N-]CCC[N-]c1c(C)cccc1C.[Cl][Ti][Cl]. The number of nitrogens with zero attached hydrogens (tertiary/aromatic N) is 2. The Morgan fingerprint density at radius 1 is 0.783 bits per heavy atom. The summed E-state index contributed by atoms with van der Waals surface area (Å²) in [6.45, 7) is 7.99. The van der Waals surface area contributed by atoms with Crippen molar-refractivity contribution in [2.75, 3.05) is 13.1 Å². The van der Waals surface area contributed by atoms with Gasteiger partial charge in [-0.3, -0.25) is 0 Å². The summed E-state index contributed by atoms with van der Waals surface area (Å²) in [5.41, 5.74) is 5.98. The summed E-state index contributed by atoms with van der Waals surface area (Å²) in [7, 11) is 9.78. The van der Waals surface area contributed by atoms with Crippen LogP contribution in [0.3, 0.4) is 0 Å². The van der Waals surface area contributed by atoms with Crippen molar-refractivity contribution >= 4 is 30.0 Å². The third kappa shape index (κ3) is 7.63. The third-order valence-corrected chi connectivity index (χ3v) is 3.42. The van der Waals surface area contributed by atoms with Crippen LogP contribution in [0.1, 0.15) is 23.1 Å². The van der Waals surface area contributed by atoms with Crippen molar-refractivity contribution in [2.45, 2.75) is 27.2 Å². The molecule has 0 N–H and O–H groups in total. The van der Waals surface area contributed by atoms with Gasteiger partial charge in [0.15, 0.2) is 0 Å². The molecule has 0 unspecified atom stereocenters. The molecule has 0 atom stereocenters. The Hall–Kier alpha value is -0.666. The van der Waals surface area contributed by atoms with Gasteiger partial charge in [-0.15, -0.1) is 24.5 Å². The molecule has 0 fully saturated rings. The van der Waals surface area contributed by atoms with Crippen molar-refractivity contribution < 1.29 is 17.0 Å². The molecule has 0 amide bonds. The molecular formula is C18H22Cl2N2Ti-2. The van der Waals surface area contributed by atoms with Crippen molar-refractivity contribution in [2.24, 2.45) is 0 Å². The first-order valence-corrected chi connectivity index (χ1v) is 11.8. The molecule has 0 spiro atoms. The maximum absolute atomic E-state index is 4.89. The van der Waals surface area contributed by atoms with Crippen molar-refractivity contribution in [3.05, 3.63) is 69.8 Å². The van der Waals surface area contributed by atoms with E-state index in [-0.39, 0.29) is 0 Å². The second-order valence-corrected chi connectivity index (χ2v) is 7.79. The molecule has 2 rings (SSSR count). The number of rotatable bonds is 6. The van der Waals surface area contributed by atoms with Crippen LogP contribution in [0.4, 0.5) is 11.4 Å². The molecule has 124 valence electrons. The third-order valence-electron chi connectivity index (χ3n) is 3.42. The summed E-state index contributed by atoms with van der Waals surface area (Å²) in [6.07, 6.45) is 0.988. The van der Waals surface area contributed by atoms with Crippen molar-refractivity contribution in [3.8, 4) is 0 Å². The Kier molecular flexibility index (Phi) is 10.5. The predicted molar refractivity (Wildman–Crippen MR) is 99.2 cm³/mol. The Morgan fingerprint density at radius 3 is 1.91 bits per heavy atom. The van der Waals surface area contributed by atoms with Gasteiger partial charge in [0.1, 0.15) is 0 Å². The fourth-order valence-corrected chi connectivity index (χ4v) is 2.26. The molecule has 0 aromatic heterocycles. The van der Waals surface area contributed by atoms with E-state index in [2.05, 4.69) is 56.4 Å². The summed E-state index contributed by atoms with van der Waals surface area (Å²) in [5.74, 6) is 0. The van der Waals surface area contributed by atoms with Gasteiger partial charge in [-0.1, -0.05) is 65.6 Å². The van der Waals surface area contributed by atoms with Crippen molar-refractivity contribution in [3.63, 3.8) is 0 Å². The van der Waals surface area contributed by atoms with Gasteiger partial charge in [0.25, 0.3) is 0 Å². The summed E-state index contributed by atoms with van der Waals surface area (Å²) < 4.78 is 0. The Labute approximate surface area is 156 Å². The second kappa shape index (κ2) is 11.8. The Morgan fingerprint density at radius 2 is 1.30 bits per heavy atom. The van der Waals surface area contributed by atoms with E-state index in [1.54, 1.807) is 0 Å². The van der Waals surface area contributed by atoms with Gasteiger partial charge in [-0.25, -0.2) is 0 Å². The summed E-state index contributed by atoms with van der Waals surface area (Å²) in [4.78, 5) is 0. The number of hydrogen-bond donors (Lipinski definition) is 0. The molecule has 0 aliphatic heterocycles. The fourth-order valence-electron chi connectivity index (χ4n) is 2.26. The monoisotopic (exact) mass is 384 g/mol. The van der Waals surface area contributed by atoms with Crippen LogP contribution in [0.5, 0.6) is 0 Å². The molecule has 0 saturated carbocycles. The van der Waals surface area contributed by atoms with E-state index in [0.29, 0.717) is 0 Å². The van der Waals surface area contributed by atoms with Gasteiger partial charge < -0.3 is 10.6 Å². The van der Waals surface area contributed by atoms with Crippen molar-refractivity contribution in [1.82, 2.24) is 0 Å². The molecule has 2 nitrogen and oxygen atoms in total. The van der Waals surface area contributed by atoms with Crippen LogP contribution in [0, 0.1) is 20.8 Å². The zero-order valence-electron chi connectivity index (χ0n) is 13.8. The molecule has 0 aliphatic rings. The van der Waals surface area contributed by atoms with Gasteiger partial charge in [-0.05, 0) is 20.8 Å². The van der Waals surface area contributed by atoms with Crippen LogP contribution in [0.25, 0.3) is 10.6 Å². The van der Waals surface area contributed by atoms with Crippen LogP contribution in [0.2, 0.25) is 0 Å². The maximum atomic E-state index is 4.89. The molecule has 0 radical (unpaired) electrons. The van der Waals surface area contributed by atoms with E-state index in [1.807, 2.05) is 12.1 Å². The van der Waals surface area contributed by atoms with Gasteiger partial charge >= 0.3 is 35.6 Å². The fraction of sp³-hybridized carbons (Fsp3) is 0.333. The van der Waals surface area contributed by atoms with Crippen LogP contribution < -0.4 is 0 Å². The summed E-state index contributed by atoms with van der Waals surface area (Å²) in [5, 5.41) is 9.32.